The minimum Gasteiger partial charge on any atom is -0.355 e. The number of ketones is 1. The van der Waals surface area contributed by atoms with Crippen LogP contribution in [0.1, 0.15) is 55.9 Å². The maximum absolute atomic E-state index is 10.9. The first-order chi connectivity index (χ1) is 5.56. The molecule has 0 fully saturated rings. The van der Waals surface area contributed by atoms with Crippen molar-refractivity contribution in [3.05, 3.63) is 0 Å². The SMILES string of the molecule is C.C.C.CCC(C)CNC(=O)CC(C)=O. The fourth-order valence-electron chi connectivity index (χ4n) is 0.721. The van der Waals surface area contributed by atoms with Crippen LogP contribution in [0.3, 0.4) is 0 Å². The van der Waals surface area contributed by atoms with Crippen LogP contribution in [0, 0.1) is 5.92 Å². The monoisotopic (exact) mass is 219 g/mol. The molecule has 1 unspecified atom stereocenters. The number of hydrogen-bond acceptors (Lipinski definition) is 2. The number of amides is 1. The van der Waals surface area contributed by atoms with Gasteiger partial charge in [0, 0.05) is 6.54 Å². The van der Waals surface area contributed by atoms with Gasteiger partial charge in [-0.2, -0.15) is 0 Å². The van der Waals surface area contributed by atoms with Gasteiger partial charge >= 0.3 is 0 Å². The Hall–Kier alpha value is -0.860. The fourth-order valence-corrected chi connectivity index (χ4v) is 0.721. The Morgan fingerprint density at radius 3 is 2.00 bits per heavy atom. The van der Waals surface area contributed by atoms with Gasteiger partial charge in [0.15, 0.2) is 0 Å². The van der Waals surface area contributed by atoms with Crippen LogP contribution in [0.15, 0.2) is 0 Å². The van der Waals surface area contributed by atoms with Gasteiger partial charge in [-0.3, -0.25) is 9.59 Å². The highest BCUT2D eigenvalue weighted by Gasteiger charge is 2.05. The van der Waals surface area contributed by atoms with Crippen molar-refractivity contribution in [1.29, 1.82) is 0 Å². The molecule has 0 rings (SSSR count). The molecule has 1 N–H and O–H groups in total. The Morgan fingerprint density at radius 1 is 1.20 bits per heavy atom. The van der Waals surface area contributed by atoms with Gasteiger partial charge in [-0.15, -0.1) is 0 Å². The molecule has 0 aromatic rings. The first-order valence-electron chi connectivity index (χ1n) is 4.32. The van der Waals surface area contributed by atoms with Gasteiger partial charge in [-0.25, -0.2) is 0 Å². The van der Waals surface area contributed by atoms with Crippen LogP contribution in [0.4, 0.5) is 0 Å². The third-order valence-electron chi connectivity index (χ3n) is 1.75. The molecule has 0 radical (unpaired) electrons. The molecule has 0 aliphatic heterocycles. The van der Waals surface area contributed by atoms with Gasteiger partial charge in [-0.1, -0.05) is 42.5 Å². The Kier molecular flexibility index (Phi) is 20.8. The standard InChI is InChI=1S/C9H17NO2.3CH4/c1-4-7(2)6-10-9(12)5-8(3)11;;;/h7H,4-6H2,1-3H3,(H,10,12);3*1H4. The smallest absolute Gasteiger partial charge is 0.227 e. The van der Waals surface area contributed by atoms with Gasteiger partial charge in [0.2, 0.25) is 5.91 Å². The van der Waals surface area contributed by atoms with Gasteiger partial charge in [0.1, 0.15) is 5.78 Å². The van der Waals surface area contributed by atoms with Crippen molar-refractivity contribution >= 4 is 11.7 Å². The lowest BCUT2D eigenvalue weighted by molar-refractivity contribution is -0.127. The van der Waals surface area contributed by atoms with Crippen molar-refractivity contribution in [3.63, 3.8) is 0 Å². The predicted molar refractivity (Wildman–Crippen MR) is 68.0 cm³/mol. The molecule has 0 aromatic carbocycles. The molecule has 0 bridgehead atoms. The lowest BCUT2D eigenvalue weighted by atomic mass is 10.1. The van der Waals surface area contributed by atoms with E-state index in [1.54, 1.807) is 0 Å². The van der Waals surface area contributed by atoms with E-state index in [0.717, 1.165) is 6.42 Å². The van der Waals surface area contributed by atoms with E-state index in [9.17, 15) is 9.59 Å². The summed E-state index contributed by atoms with van der Waals surface area (Å²) in [5.74, 6) is 0.236. The quantitative estimate of drug-likeness (QED) is 0.722. The Labute approximate surface area is 95.6 Å². The first kappa shape index (κ1) is 23.7. The van der Waals surface area contributed by atoms with Crippen molar-refractivity contribution in [3.8, 4) is 0 Å². The van der Waals surface area contributed by atoms with Crippen LogP contribution in [0.25, 0.3) is 0 Å². The molecule has 15 heavy (non-hydrogen) atoms. The number of carbonyl (C=O) groups excluding carboxylic acids is 2. The van der Waals surface area contributed by atoms with Crippen LogP contribution in [-0.4, -0.2) is 18.2 Å². The summed E-state index contributed by atoms with van der Waals surface area (Å²) in [6.45, 7) is 6.22. The van der Waals surface area contributed by atoms with Crippen molar-refractivity contribution in [1.82, 2.24) is 5.32 Å². The van der Waals surface area contributed by atoms with E-state index in [0.29, 0.717) is 12.5 Å². The van der Waals surface area contributed by atoms with E-state index in [1.165, 1.54) is 6.92 Å². The fraction of sp³-hybridized carbons (Fsp3) is 0.833. The molecule has 0 heterocycles. The second kappa shape index (κ2) is 13.1. The summed E-state index contributed by atoms with van der Waals surface area (Å²) in [6.07, 6.45) is 1.05. The minimum atomic E-state index is -0.164. The highest BCUT2D eigenvalue weighted by molar-refractivity contribution is 5.96. The number of Topliss-reactive ketones (excluding diaryl/α,β-unsaturated/α-hetero) is 1. The van der Waals surface area contributed by atoms with Crippen molar-refractivity contribution in [2.75, 3.05) is 6.54 Å². The first-order valence-corrected chi connectivity index (χ1v) is 4.32. The van der Waals surface area contributed by atoms with E-state index in [1.807, 2.05) is 0 Å². The molecule has 1 amide bonds. The average molecular weight is 219 g/mol. The number of rotatable bonds is 5. The summed E-state index contributed by atoms with van der Waals surface area (Å²) < 4.78 is 0. The van der Waals surface area contributed by atoms with Crippen LogP contribution < -0.4 is 5.32 Å². The average Bonchev–Trinajstić information content (AvgIpc) is 1.99. The summed E-state index contributed by atoms with van der Waals surface area (Å²) in [4.78, 5) is 21.4. The van der Waals surface area contributed by atoms with Crippen molar-refractivity contribution in [2.24, 2.45) is 5.92 Å². The molecule has 0 aromatic heterocycles. The van der Waals surface area contributed by atoms with Gasteiger partial charge < -0.3 is 5.32 Å². The van der Waals surface area contributed by atoms with Crippen LogP contribution in [0.2, 0.25) is 0 Å². The molecule has 94 valence electrons. The predicted octanol–water partition coefficient (Wildman–Crippen LogP) is 3.04. The molecule has 0 saturated heterocycles. The van der Waals surface area contributed by atoms with E-state index in [-0.39, 0.29) is 40.4 Å². The summed E-state index contributed by atoms with van der Waals surface area (Å²) in [6, 6.07) is 0. The Bertz CT molecular complexity index is 167. The lowest BCUT2D eigenvalue weighted by Crippen LogP contribution is -2.29. The third-order valence-corrected chi connectivity index (χ3v) is 1.75. The zero-order chi connectivity index (χ0) is 9.56. The van der Waals surface area contributed by atoms with E-state index in [2.05, 4.69) is 19.2 Å². The zero-order valence-electron chi connectivity index (χ0n) is 8.02. The van der Waals surface area contributed by atoms with Crippen LogP contribution >= 0.6 is 0 Å². The highest BCUT2D eigenvalue weighted by atomic mass is 16.2. The summed E-state index contributed by atoms with van der Waals surface area (Å²) >= 11 is 0. The molecule has 0 aliphatic rings. The second-order valence-electron chi connectivity index (χ2n) is 3.20. The summed E-state index contributed by atoms with van der Waals surface area (Å²) in [5, 5.41) is 2.70. The molecule has 0 saturated carbocycles. The van der Waals surface area contributed by atoms with Crippen LogP contribution in [0.5, 0.6) is 0 Å². The molecule has 0 spiro atoms. The van der Waals surface area contributed by atoms with Crippen molar-refractivity contribution in [2.45, 2.75) is 55.9 Å². The van der Waals surface area contributed by atoms with E-state index >= 15 is 0 Å². The summed E-state index contributed by atoms with van der Waals surface area (Å²) in [7, 11) is 0. The molecule has 3 heteroatoms. The minimum absolute atomic E-state index is 0. The molecular weight excluding hydrogens is 190 g/mol. The van der Waals surface area contributed by atoms with E-state index in [4.69, 9.17) is 0 Å². The maximum atomic E-state index is 10.9. The van der Waals surface area contributed by atoms with Gasteiger partial charge in [-0.05, 0) is 12.8 Å². The molecule has 0 aliphatic carbocycles. The number of carbonyl (C=O) groups is 2. The normalized spacial score (nSPS) is 9.80. The van der Waals surface area contributed by atoms with Gasteiger partial charge in [0.25, 0.3) is 0 Å². The maximum Gasteiger partial charge on any atom is 0.227 e. The van der Waals surface area contributed by atoms with Crippen molar-refractivity contribution < 1.29 is 9.59 Å². The highest BCUT2D eigenvalue weighted by Crippen LogP contribution is 1.97. The third kappa shape index (κ3) is 15.9. The van der Waals surface area contributed by atoms with E-state index < -0.39 is 0 Å². The Morgan fingerprint density at radius 2 is 1.67 bits per heavy atom. The largest absolute Gasteiger partial charge is 0.355 e. The molecule has 3 nitrogen and oxygen atoms in total. The lowest BCUT2D eigenvalue weighted by Gasteiger charge is -2.08. The summed E-state index contributed by atoms with van der Waals surface area (Å²) in [5.41, 5.74) is 0. The Balaban J connectivity index is -0.000000202. The number of nitrogens with one attached hydrogen (secondary N) is 1. The topological polar surface area (TPSA) is 46.2 Å². The number of hydrogen-bond donors (Lipinski definition) is 1. The van der Waals surface area contributed by atoms with Gasteiger partial charge in [0.05, 0.1) is 6.42 Å². The van der Waals surface area contributed by atoms with Crippen LogP contribution in [-0.2, 0) is 9.59 Å². The molecular formula is C12H29NO2. The second-order valence-corrected chi connectivity index (χ2v) is 3.20. The molecule has 1 atom stereocenters. The zero-order valence-corrected chi connectivity index (χ0v) is 8.02.